The Bertz CT molecular complexity index is 967. The molecule has 5 heteroatoms. The second-order valence-electron chi connectivity index (χ2n) is 8.02. The van der Waals surface area contributed by atoms with Crippen LogP contribution in [0, 0.1) is 11.8 Å². The van der Waals surface area contributed by atoms with Crippen molar-refractivity contribution in [2.24, 2.45) is 11.8 Å². The minimum absolute atomic E-state index is 0.151. The molecule has 0 radical (unpaired) electrons. The Morgan fingerprint density at radius 2 is 1.75 bits per heavy atom. The van der Waals surface area contributed by atoms with E-state index in [1.807, 2.05) is 48.5 Å². The third-order valence-electron chi connectivity index (χ3n) is 6.14. The molecule has 3 atom stereocenters. The van der Waals surface area contributed by atoms with Gasteiger partial charge in [0.05, 0.1) is 5.69 Å². The summed E-state index contributed by atoms with van der Waals surface area (Å²) in [6.45, 7) is 0. The van der Waals surface area contributed by atoms with E-state index in [1.165, 1.54) is 19.3 Å². The van der Waals surface area contributed by atoms with E-state index in [0.29, 0.717) is 12.3 Å². The lowest BCUT2D eigenvalue weighted by Gasteiger charge is -2.22. The summed E-state index contributed by atoms with van der Waals surface area (Å²) in [7, 11) is 0. The first kappa shape index (κ1) is 17.2. The molecular weight excluding hydrogens is 348 g/mol. The number of benzene rings is 2. The number of rotatable bonds is 5. The van der Waals surface area contributed by atoms with Gasteiger partial charge >= 0.3 is 0 Å². The summed E-state index contributed by atoms with van der Waals surface area (Å²) in [5, 5.41) is 7.78. The molecular formula is C23H24N4O. The molecule has 3 unspecified atom stereocenters. The number of nitrogens with one attached hydrogen (secondary N) is 1. The molecule has 0 spiro atoms. The van der Waals surface area contributed by atoms with Gasteiger partial charge in [-0.15, -0.1) is 5.10 Å². The molecule has 28 heavy (non-hydrogen) atoms. The van der Waals surface area contributed by atoms with Crippen LogP contribution in [0.1, 0.15) is 47.7 Å². The Balaban J connectivity index is 1.42. The van der Waals surface area contributed by atoms with Crippen LogP contribution < -0.4 is 5.32 Å². The molecule has 2 aliphatic rings. The maximum absolute atomic E-state index is 12.9. The van der Waals surface area contributed by atoms with Gasteiger partial charge < -0.3 is 5.32 Å². The quantitative estimate of drug-likeness (QED) is 0.741. The monoisotopic (exact) mass is 372 g/mol. The summed E-state index contributed by atoms with van der Waals surface area (Å²) in [6, 6.07) is 20.3. The molecule has 2 aromatic carbocycles. The number of hydrogen-bond donors (Lipinski definition) is 1. The number of carbonyl (C=O) groups is 1. The summed E-state index contributed by atoms with van der Waals surface area (Å²) in [4.78, 5) is 17.5. The Morgan fingerprint density at radius 3 is 2.43 bits per heavy atom. The number of nitrogens with zero attached hydrogens (tertiary/aromatic N) is 3. The van der Waals surface area contributed by atoms with Gasteiger partial charge in [0.15, 0.2) is 0 Å². The molecule has 5 nitrogen and oxygen atoms in total. The van der Waals surface area contributed by atoms with Gasteiger partial charge in [-0.3, -0.25) is 4.79 Å². The third kappa shape index (κ3) is 3.33. The highest BCUT2D eigenvalue weighted by Gasteiger charge is 2.40. The van der Waals surface area contributed by atoms with E-state index in [9.17, 15) is 4.79 Å². The average molecular weight is 372 g/mol. The maximum Gasteiger partial charge on any atom is 0.291 e. The predicted molar refractivity (Wildman–Crippen MR) is 107 cm³/mol. The van der Waals surface area contributed by atoms with Crippen LogP contribution in [0.3, 0.4) is 0 Å². The van der Waals surface area contributed by atoms with Crippen LogP contribution in [0.25, 0.3) is 5.69 Å². The van der Waals surface area contributed by atoms with Crippen molar-refractivity contribution in [3.05, 3.63) is 77.9 Å². The van der Waals surface area contributed by atoms with Crippen LogP contribution in [0.5, 0.6) is 0 Å². The van der Waals surface area contributed by atoms with E-state index in [0.717, 1.165) is 29.4 Å². The first-order valence-electron chi connectivity index (χ1n) is 10.1. The van der Waals surface area contributed by atoms with Crippen molar-refractivity contribution in [2.75, 3.05) is 0 Å². The normalized spacial score (nSPS) is 23.1. The molecule has 0 saturated heterocycles. The lowest BCUT2D eigenvalue weighted by atomic mass is 9.95. The van der Waals surface area contributed by atoms with Crippen LogP contribution in [-0.2, 0) is 6.42 Å². The molecule has 2 bridgehead atoms. The molecule has 1 amide bonds. The smallest absolute Gasteiger partial charge is 0.291 e. The predicted octanol–water partition coefficient (Wildman–Crippen LogP) is 3.78. The number of carbonyl (C=O) groups excluding carboxylic acids is 1. The Morgan fingerprint density at radius 1 is 1.00 bits per heavy atom. The summed E-state index contributed by atoms with van der Waals surface area (Å²) >= 11 is 0. The highest BCUT2D eigenvalue weighted by molar-refractivity contribution is 5.90. The molecule has 1 N–H and O–H groups in total. The fourth-order valence-corrected chi connectivity index (χ4v) is 4.76. The van der Waals surface area contributed by atoms with Gasteiger partial charge in [-0.05, 0) is 48.8 Å². The molecule has 1 heterocycles. The Hall–Kier alpha value is -2.95. The van der Waals surface area contributed by atoms with Crippen molar-refractivity contribution in [2.45, 2.75) is 38.1 Å². The molecule has 2 saturated carbocycles. The summed E-state index contributed by atoms with van der Waals surface area (Å²) < 4.78 is 1.79. The van der Waals surface area contributed by atoms with Gasteiger partial charge in [-0.2, -0.15) is 0 Å². The lowest BCUT2D eigenvalue weighted by molar-refractivity contribution is 0.0912. The first-order valence-corrected chi connectivity index (χ1v) is 10.1. The van der Waals surface area contributed by atoms with Crippen molar-refractivity contribution >= 4 is 5.91 Å². The topological polar surface area (TPSA) is 59.8 Å². The number of amides is 1. The van der Waals surface area contributed by atoms with Gasteiger partial charge in [0.1, 0.15) is 5.82 Å². The van der Waals surface area contributed by atoms with E-state index >= 15 is 0 Å². The number of hydrogen-bond acceptors (Lipinski definition) is 3. The fourth-order valence-electron chi connectivity index (χ4n) is 4.76. The summed E-state index contributed by atoms with van der Waals surface area (Å²) in [6.07, 6.45) is 5.55. The molecule has 2 aliphatic carbocycles. The molecule has 0 aliphatic heterocycles. The van der Waals surface area contributed by atoms with E-state index < -0.39 is 0 Å². The summed E-state index contributed by atoms with van der Waals surface area (Å²) in [5.74, 6) is 2.31. The lowest BCUT2D eigenvalue weighted by Crippen LogP contribution is -2.39. The highest BCUT2D eigenvalue weighted by Crippen LogP contribution is 2.44. The van der Waals surface area contributed by atoms with E-state index in [-0.39, 0.29) is 17.8 Å². The molecule has 3 aromatic rings. The minimum atomic E-state index is -0.151. The Kier molecular flexibility index (Phi) is 4.43. The van der Waals surface area contributed by atoms with Gasteiger partial charge in [-0.1, -0.05) is 55.0 Å². The zero-order chi connectivity index (χ0) is 18.9. The Labute approximate surface area is 164 Å². The second-order valence-corrected chi connectivity index (χ2v) is 8.02. The van der Waals surface area contributed by atoms with Crippen LogP contribution in [-0.4, -0.2) is 26.7 Å². The molecule has 5 rings (SSSR count). The van der Waals surface area contributed by atoms with Crippen molar-refractivity contribution in [3.63, 3.8) is 0 Å². The standard InChI is InChI=1S/C23H24N4O/c28-23(24-20-14-17-11-12-18(20)13-17)22-25-21(15-16-7-3-1-4-8-16)27(26-22)19-9-5-2-6-10-19/h1-10,17-18,20H,11-15H2,(H,24,28). The number of fused-ring (bicyclic) bond motifs is 2. The molecule has 1 aromatic heterocycles. The van der Waals surface area contributed by atoms with E-state index in [4.69, 9.17) is 0 Å². The summed E-state index contributed by atoms with van der Waals surface area (Å²) in [5.41, 5.74) is 2.06. The van der Waals surface area contributed by atoms with Crippen LogP contribution in [0.15, 0.2) is 60.7 Å². The fraction of sp³-hybridized carbons (Fsp3) is 0.348. The van der Waals surface area contributed by atoms with Gasteiger partial charge in [0.2, 0.25) is 5.82 Å². The largest absolute Gasteiger partial charge is 0.346 e. The second kappa shape index (κ2) is 7.23. The van der Waals surface area contributed by atoms with Gasteiger partial charge in [0.25, 0.3) is 5.91 Å². The maximum atomic E-state index is 12.9. The molecule has 142 valence electrons. The van der Waals surface area contributed by atoms with Crippen molar-refractivity contribution in [1.82, 2.24) is 20.1 Å². The number of aromatic nitrogens is 3. The SMILES string of the molecule is O=C(NC1CC2CCC1C2)c1nc(Cc2ccccc2)n(-c2ccccc2)n1. The van der Waals surface area contributed by atoms with E-state index in [1.54, 1.807) is 4.68 Å². The van der Waals surface area contributed by atoms with Crippen molar-refractivity contribution < 1.29 is 4.79 Å². The van der Waals surface area contributed by atoms with Crippen molar-refractivity contribution in [1.29, 1.82) is 0 Å². The van der Waals surface area contributed by atoms with E-state index in [2.05, 4.69) is 27.5 Å². The zero-order valence-corrected chi connectivity index (χ0v) is 15.8. The van der Waals surface area contributed by atoms with Gasteiger partial charge in [-0.25, -0.2) is 9.67 Å². The first-order chi connectivity index (χ1) is 13.8. The number of para-hydroxylation sites is 1. The highest BCUT2D eigenvalue weighted by atomic mass is 16.2. The average Bonchev–Trinajstić information content (AvgIpc) is 3.45. The minimum Gasteiger partial charge on any atom is -0.346 e. The van der Waals surface area contributed by atoms with Crippen molar-refractivity contribution in [3.8, 4) is 5.69 Å². The van der Waals surface area contributed by atoms with Crippen LogP contribution in [0.2, 0.25) is 0 Å². The van der Waals surface area contributed by atoms with Crippen LogP contribution >= 0.6 is 0 Å². The molecule has 2 fully saturated rings. The van der Waals surface area contributed by atoms with Gasteiger partial charge in [0, 0.05) is 12.5 Å². The third-order valence-corrected chi connectivity index (χ3v) is 6.14. The zero-order valence-electron chi connectivity index (χ0n) is 15.8. The van der Waals surface area contributed by atoms with Crippen LogP contribution in [0.4, 0.5) is 0 Å².